The molecule has 1 aromatic carbocycles. The topological polar surface area (TPSA) is 49.3 Å². The predicted octanol–water partition coefficient (Wildman–Crippen LogP) is 3.28. The normalized spacial score (nSPS) is 12.2. The summed E-state index contributed by atoms with van der Waals surface area (Å²) in [5.41, 5.74) is 1.62. The molecule has 1 aromatic heterocycles. The second-order valence-corrected chi connectivity index (χ2v) is 5.98. The SMILES string of the molecule is Cc1ccsc1C(O)CNC(=O)c1ccccc1Br. The van der Waals surface area contributed by atoms with E-state index in [1.807, 2.05) is 30.5 Å². The van der Waals surface area contributed by atoms with Gasteiger partial charge in [-0.2, -0.15) is 0 Å². The second-order valence-electron chi connectivity index (χ2n) is 4.17. The molecule has 0 aliphatic heterocycles. The minimum Gasteiger partial charge on any atom is -0.386 e. The highest BCUT2D eigenvalue weighted by Gasteiger charge is 2.14. The summed E-state index contributed by atoms with van der Waals surface area (Å²) in [6.07, 6.45) is -0.661. The van der Waals surface area contributed by atoms with E-state index < -0.39 is 6.10 Å². The van der Waals surface area contributed by atoms with E-state index in [9.17, 15) is 9.90 Å². The van der Waals surface area contributed by atoms with Crippen molar-refractivity contribution in [2.45, 2.75) is 13.0 Å². The van der Waals surface area contributed by atoms with Gasteiger partial charge in [-0.25, -0.2) is 0 Å². The van der Waals surface area contributed by atoms with Gasteiger partial charge in [-0.1, -0.05) is 12.1 Å². The van der Waals surface area contributed by atoms with Crippen LogP contribution in [0, 0.1) is 6.92 Å². The molecule has 0 fully saturated rings. The van der Waals surface area contributed by atoms with Crippen LogP contribution in [0.4, 0.5) is 0 Å². The first-order chi connectivity index (χ1) is 9.09. The van der Waals surface area contributed by atoms with Crippen LogP contribution in [0.15, 0.2) is 40.2 Å². The minimum atomic E-state index is -0.661. The monoisotopic (exact) mass is 339 g/mol. The molecule has 3 nitrogen and oxygen atoms in total. The first-order valence-electron chi connectivity index (χ1n) is 5.84. The van der Waals surface area contributed by atoms with Crippen molar-refractivity contribution in [2.24, 2.45) is 0 Å². The van der Waals surface area contributed by atoms with Crippen LogP contribution in [0.1, 0.15) is 26.9 Å². The Labute approximate surface area is 124 Å². The molecule has 2 aromatic rings. The Morgan fingerprint density at radius 1 is 1.42 bits per heavy atom. The second kappa shape index (κ2) is 6.32. The predicted molar refractivity (Wildman–Crippen MR) is 80.5 cm³/mol. The Bertz CT molecular complexity index is 582. The van der Waals surface area contributed by atoms with E-state index in [0.29, 0.717) is 5.56 Å². The molecule has 2 rings (SSSR count). The average Bonchev–Trinajstić information content (AvgIpc) is 2.82. The maximum Gasteiger partial charge on any atom is 0.252 e. The molecule has 1 atom stereocenters. The van der Waals surface area contributed by atoms with Crippen LogP contribution in [0.25, 0.3) is 0 Å². The van der Waals surface area contributed by atoms with Gasteiger partial charge in [0.15, 0.2) is 0 Å². The van der Waals surface area contributed by atoms with E-state index in [1.165, 1.54) is 11.3 Å². The van der Waals surface area contributed by atoms with Crippen molar-refractivity contribution < 1.29 is 9.90 Å². The van der Waals surface area contributed by atoms with Crippen molar-refractivity contribution in [1.29, 1.82) is 0 Å². The van der Waals surface area contributed by atoms with Gasteiger partial charge in [0.25, 0.3) is 5.91 Å². The van der Waals surface area contributed by atoms with Crippen molar-refractivity contribution in [2.75, 3.05) is 6.54 Å². The summed E-state index contributed by atoms with van der Waals surface area (Å²) >= 11 is 4.83. The number of hydrogen-bond donors (Lipinski definition) is 2. The molecule has 5 heteroatoms. The largest absolute Gasteiger partial charge is 0.386 e. The fraction of sp³-hybridized carbons (Fsp3) is 0.214. The molecular weight excluding hydrogens is 326 g/mol. The molecule has 0 spiro atoms. The summed E-state index contributed by atoms with van der Waals surface area (Å²) in [6.45, 7) is 2.16. The lowest BCUT2D eigenvalue weighted by atomic mass is 10.2. The van der Waals surface area contributed by atoms with E-state index in [4.69, 9.17) is 0 Å². The van der Waals surface area contributed by atoms with Crippen LogP contribution in [0.5, 0.6) is 0 Å². The molecule has 19 heavy (non-hydrogen) atoms. The molecule has 1 amide bonds. The molecule has 0 bridgehead atoms. The van der Waals surface area contributed by atoms with Gasteiger partial charge in [0.2, 0.25) is 0 Å². The number of aliphatic hydroxyl groups is 1. The lowest BCUT2D eigenvalue weighted by molar-refractivity contribution is 0.0917. The van der Waals surface area contributed by atoms with Gasteiger partial charge in [-0.3, -0.25) is 4.79 Å². The van der Waals surface area contributed by atoms with Crippen LogP contribution in [-0.2, 0) is 0 Å². The van der Waals surface area contributed by atoms with Crippen LogP contribution < -0.4 is 5.32 Å². The molecule has 0 radical (unpaired) electrons. The number of nitrogens with one attached hydrogen (secondary N) is 1. The Hall–Kier alpha value is -1.17. The van der Waals surface area contributed by atoms with Crippen LogP contribution in [0.3, 0.4) is 0 Å². The first kappa shape index (κ1) is 14.2. The van der Waals surface area contributed by atoms with Crippen molar-refractivity contribution >= 4 is 33.2 Å². The molecular formula is C14H14BrNO2S. The van der Waals surface area contributed by atoms with Gasteiger partial charge in [0.1, 0.15) is 6.10 Å². The number of benzene rings is 1. The maximum atomic E-state index is 12.0. The molecule has 0 aliphatic rings. The summed E-state index contributed by atoms with van der Waals surface area (Å²) in [5.74, 6) is -0.194. The number of carbonyl (C=O) groups excluding carboxylic acids is 1. The summed E-state index contributed by atoms with van der Waals surface area (Å²) in [7, 11) is 0. The zero-order valence-electron chi connectivity index (χ0n) is 10.4. The molecule has 0 saturated carbocycles. The Morgan fingerprint density at radius 3 is 2.79 bits per heavy atom. The molecule has 0 saturated heterocycles. The lowest BCUT2D eigenvalue weighted by Gasteiger charge is -2.12. The van der Waals surface area contributed by atoms with E-state index in [2.05, 4.69) is 21.2 Å². The number of rotatable bonds is 4. The van der Waals surface area contributed by atoms with Crippen LogP contribution in [0.2, 0.25) is 0 Å². The minimum absolute atomic E-state index is 0.194. The van der Waals surface area contributed by atoms with Gasteiger partial charge >= 0.3 is 0 Å². The van der Waals surface area contributed by atoms with Crippen molar-refractivity contribution in [3.63, 3.8) is 0 Å². The first-order valence-corrected chi connectivity index (χ1v) is 7.51. The zero-order valence-corrected chi connectivity index (χ0v) is 12.8. The van der Waals surface area contributed by atoms with Gasteiger partial charge < -0.3 is 10.4 Å². The number of thiophene rings is 1. The highest BCUT2D eigenvalue weighted by molar-refractivity contribution is 9.10. The van der Waals surface area contributed by atoms with Gasteiger partial charge in [0, 0.05) is 15.9 Å². The summed E-state index contributed by atoms with van der Waals surface area (Å²) in [5, 5.41) is 14.7. The third kappa shape index (κ3) is 3.43. The number of carbonyl (C=O) groups is 1. The quantitative estimate of drug-likeness (QED) is 0.897. The van der Waals surface area contributed by atoms with E-state index in [0.717, 1.165) is 14.9 Å². The Morgan fingerprint density at radius 2 is 2.16 bits per heavy atom. The van der Waals surface area contributed by atoms with E-state index in [1.54, 1.807) is 12.1 Å². The number of aryl methyl sites for hydroxylation is 1. The average molecular weight is 340 g/mol. The molecule has 100 valence electrons. The van der Waals surface area contributed by atoms with Gasteiger partial charge in [-0.05, 0) is 52.0 Å². The third-order valence-corrected chi connectivity index (χ3v) is 4.59. The highest BCUT2D eigenvalue weighted by Crippen LogP contribution is 2.23. The highest BCUT2D eigenvalue weighted by atomic mass is 79.9. The Balaban J connectivity index is 1.98. The zero-order chi connectivity index (χ0) is 13.8. The van der Waals surface area contributed by atoms with Crippen LogP contribution >= 0.6 is 27.3 Å². The Kier molecular flexibility index (Phi) is 4.74. The summed E-state index contributed by atoms with van der Waals surface area (Å²) in [4.78, 5) is 12.9. The summed E-state index contributed by atoms with van der Waals surface area (Å²) < 4.78 is 0.745. The fourth-order valence-corrected chi connectivity index (χ4v) is 3.13. The van der Waals surface area contributed by atoms with Crippen LogP contribution in [-0.4, -0.2) is 17.6 Å². The lowest BCUT2D eigenvalue weighted by Crippen LogP contribution is -2.28. The van der Waals surface area contributed by atoms with E-state index >= 15 is 0 Å². The third-order valence-electron chi connectivity index (χ3n) is 2.78. The van der Waals surface area contributed by atoms with Gasteiger partial charge in [0.05, 0.1) is 5.56 Å². The number of halogens is 1. The molecule has 2 N–H and O–H groups in total. The van der Waals surface area contributed by atoms with Crippen molar-refractivity contribution in [3.05, 3.63) is 56.2 Å². The number of aliphatic hydroxyl groups excluding tert-OH is 1. The van der Waals surface area contributed by atoms with Gasteiger partial charge in [-0.15, -0.1) is 11.3 Å². The standard InChI is InChI=1S/C14H14BrNO2S/c1-9-6-7-19-13(9)12(17)8-16-14(18)10-4-2-3-5-11(10)15/h2-7,12,17H,8H2,1H3,(H,16,18). The van der Waals surface area contributed by atoms with Crippen molar-refractivity contribution in [1.82, 2.24) is 5.32 Å². The molecule has 0 aliphatic carbocycles. The molecule has 1 unspecified atom stereocenters. The van der Waals surface area contributed by atoms with Crippen molar-refractivity contribution in [3.8, 4) is 0 Å². The summed E-state index contributed by atoms with van der Waals surface area (Å²) in [6, 6.07) is 9.17. The fourth-order valence-electron chi connectivity index (χ4n) is 1.75. The number of amides is 1. The smallest absolute Gasteiger partial charge is 0.252 e. The number of hydrogen-bond acceptors (Lipinski definition) is 3. The molecule has 1 heterocycles. The maximum absolute atomic E-state index is 12.0. The van der Waals surface area contributed by atoms with E-state index in [-0.39, 0.29) is 12.5 Å².